The van der Waals surface area contributed by atoms with Gasteiger partial charge in [0.05, 0.1) is 31.7 Å². The topological polar surface area (TPSA) is 217 Å². The van der Waals surface area contributed by atoms with Gasteiger partial charge < -0.3 is 35.1 Å². The maximum atomic E-state index is 13.0. The lowest BCUT2D eigenvalue weighted by Gasteiger charge is -2.28. The summed E-state index contributed by atoms with van der Waals surface area (Å²) in [7, 11) is -4.71. The van der Waals surface area contributed by atoms with Crippen molar-refractivity contribution in [2.75, 3.05) is 32.2 Å². The summed E-state index contributed by atoms with van der Waals surface area (Å²) >= 11 is 0. The second kappa shape index (κ2) is 20.2. The average molecular weight is 733 g/mol. The summed E-state index contributed by atoms with van der Waals surface area (Å²) in [5.74, 6) is 0.548. The van der Waals surface area contributed by atoms with Gasteiger partial charge in [-0.15, -0.1) is 0 Å². The third-order valence-corrected chi connectivity index (χ3v) is 9.93. The Morgan fingerprint density at radius 2 is 1.69 bits per heavy atom. The molecule has 282 valence electrons. The molecule has 0 aliphatic carbocycles. The second-order valence-corrected chi connectivity index (χ2v) is 14.7. The lowest BCUT2D eigenvalue weighted by Crippen LogP contribution is -2.44. The van der Waals surface area contributed by atoms with Crippen molar-refractivity contribution >= 4 is 19.2 Å². The van der Waals surface area contributed by atoms with Crippen LogP contribution in [0.1, 0.15) is 108 Å². The van der Waals surface area contributed by atoms with Crippen LogP contribution in [0.2, 0.25) is 0 Å². The van der Waals surface area contributed by atoms with Gasteiger partial charge in [-0.3, -0.25) is 9.05 Å². The van der Waals surface area contributed by atoms with Gasteiger partial charge in [-0.25, -0.2) is 19.0 Å². The Morgan fingerprint density at radius 3 is 2.33 bits per heavy atom. The number of fused-ring (bicyclic) bond motifs is 1. The molecule has 5 N–H and O–H groups in total. The van der Waals surface area contributed by atoms with Crippen LogP contribution in [-0.2, 0) is 23.1 Å². The molecule has 15 nitrogen and oxygen atoms in total. The molecule has 16 heteroatoms. The van der Waals surface area contributed by atoms with Crippen molar-refractivity contribution in [2.24, 2.45) is 0 Å². The number of hydrogen-bond donors (Lipinski definition) is 4. The molecule has 6 atom stereocenters. The van der Waals surface area contributed by atoms with E-state index >= 15 is 0 Å². The summed E-state index contributed by atoms with van der Waals surface area (Å²) < 4.78 is 42.8. The van der Waals surface area contributed by atoms with Gasteiger partial charge in [-0.2, -0.15) is 10.4 Å². The Kier molecular flexibility index (Phi) is 16.0. The molecule has 1 fully saturated rings. The normalized spacial score (nSPS) is 22.2. The highest BCUT2D eigenvalue weighted by atomic mass is 31.2. The summed E-state index contributed by atoms with van der Waals surface area (Å²) in [6.07, 6.45) is 12.6. The van der Waals surface area contributed by atoms with E-state index in [4.69, 9.17) is 34.3 Å². The van der Waals surface area contributed by atoms with Crippen molar-refractivity contribution in [2.45, 2.75) is 121 Å². The molecule has 3 aromatic heterocycles. The van der Waals surface area contributed by atoms with Crippen LogP contribution in [0.4, 0.5) is 5.82 Å². The number of aromatic nitrogens is 4. The lowest BCUT2D eigenvalue weighted by molar-refractivity contribution is -0.100. The van der Waals surface area contributed by atoms with E-state index in [1.807, 2.05) is 6.07 Å². The Labute approximate surface area is 299 Å². The molecule has 0 aromatic carbocycles. The second-order valence-electron chi connectivity index (χ2n) is 13.2. The summed E-state index contributed by atoms with van der Waals surface area (Å²) in [6.45, 7) is 3.27. The molecule has 1 aliphatic rings. The number of nitrogen functional groups attached to an aromatic ring is 1. The predicted molar refractivity (Wildman–Crippen MR) is 189 cm³/mol. The number of nitrogens with two attached hydrogens (primary N) is 1. The van der Waals surface area contributed by atoms with Gasteiger partial charge in [0.2, 0.25) is 0 Å². The van der Waals surface area contributed by atoms with E-state index in [0.29, 0.717) is 23.6 Å². The van der Waals surface area contributed by atoms with Crippen LogP contribution in [0.25, 0.3) is 5.52 Å². The zero-order valence-electron chi connectivity index (χ0n) is 29.6. The van der Waals surface area contributed by atoms with Crippen molar-refractivity contribution in [1.82, 2.24) is 19.6 Å². The van der Waals surface area contributed by atoms with Crippen molar-refractivity contribution in [1.29, 1.82) is 5.26 Å². The van der Waals surface area contributed by atoms with Crippen LogP contribution < -0.4 is 10.5 Å². The SMILES string of the molecule is CCCCCCCCCCCCCCOC[C@H](COP(=O)(O)OC[C@@]1(C)O[C@@H](c2ccc3c(N)ncnn23)[C@H](O)[C@@H]1O)Oc1ccc(C#N)nc1. The number of aliphatic hydroxyl groups is 2. The van der Waals surface area contributed by atoms with Crippen molar-refractivity contribution in [3.05, 3.63) is 48.2 Å². The largest absolute Gasteiger partial charge is 0.484 e. The first-order valence-corrected chi connectivity index (χ1v) is 19.4. The smallest absolute Gasteiger partial charge is 0.472 e. The standard InChI is InChI=1S/C35H53N6O9P/c1-3-4-5-6-7-8-9-10-11-12-13-14-19-46-22-28(49-27-16-15-26(20-36)38-21-27)23-47-51(44,45)48-24-35(2)33(43)31(42)32(50-35)29-17-18-30-34(37)39-25-40-41(29)30/h15-18,21,25,28,31-33,42-43H,3-14,19,22-24H2,1-2H3,(H,44,45)(H2,37,39,40)/t28-,31+,32+,33+,35-/m1/s1. The number of aliphatic hydroxyl groups excluding tert-OH is 2. The van der Waals surface area contributed by atoms with Crippen LogP contribution in [0.3, 0.4) is 0 Å². The minimum absolute atomic E-state index is 0.0603. The van der Waals surface area contributed by atoms with E-state index in [2.05, 4.69) is 22.0 Å². The highest BCUT2D eigenvalue weighted by Gasteiger charge is 2.53. The maximum absolute atomic E-state index is 13.0. The van der Waals surface area contributed by atoms with E-state index in [-0.39, 0.29) is 24.7 Å². The molecular formula is C35H53N6O9P. The number of pyridine rings is 1. The minimum atomic E-state index is -4.71. The van der Waals surface area contributed by atoms with E-state index < -0.39 is 44.4 Å². The number of nitrogens with zero attached hydrogens (tertiary/aromatic N) is 5. The van der Waals surface area contributed by atoms with Gasteiger partial charge in [0.25, 0.3) is 0 Å². The van der Waals surface area contributed by atoms with Gasteiger partial charge in [0.15, 0.2) is 5.82 Å². The molecule has 1 unspecified atom stereocenters. The van der Waals surface area contributed by atoms with Crippen LogP contribution >= 0.6 is 7.82 Å². The van der Waals surface area contributed by atoms with Gasteiger partial charge >= 0.3 is 7.82 Å². The number of hydrogen-bond acceptors (Lipinski definition) is 13. The van der Waals surface area contributed by atoms with Crippen molar-refractivity contribution in [3.8, 4) is 11.8 Å². The number of ether oxygens (including phenoxy) is 3. The fourth-order valence-electron chi connectivity index (χ4n) is 6.01. The molecule has 3 aromatic rings. The Morgan fingerprint density at radius 1 is 1.00 bits per heavy atom. The van der Waals surface area contributed by atoms with Gasteiger partial charge in [0.1, 0.15) is 59.4 Å². The monoisotopic (exact) mass is 732 g/mol. The Balaban J connectivity index is 1.23. The van der Waals surface area contributed by atoms with Gasteiger partial charge in [-0.05, 0) is 37.6 Å². The third-order valence-electron chi connectivity index (χ3n) is 9.00. The highest BCUT2D eigenvalue weighted by molar-refractivity contribution is 7.47. The van der Waals surface area contributed by atoms with E-state index in [9.17, 15) is 19.7 Å². The van der Waals surface area contributed by atoms with Crippen molar-refractivity contribution in [3.63, 3.8) is 0 Å². The molecule has 4 heterocycles. The molecule has 0 saturated carbocycles. The first-order chi connectivity index (χ1) is 24.6. The first kappa shape index (κ1) is 40.6. The zero-order chi connectivity index (χ0) is 36.7. The molecular weight excluding hydrogens is 679 g/mol. The molecule has 1 saturated heterocycles. The Bertz CT molecular complexity index is 1570. The average Bonchev–Trinajstić information content (AvgIpc) is 3.65. The summed E-state index contributed by atoms with van der Waals surface area (Å²) in [4.78, 5) is 18.5. The van der Waals surface area contributed by atoms with Gasteiger partial charge in [-0.1, -0.05) is 77.6 Å². The number of nitriles is 1. The third kappa shape index (κ3) is 12.2. The molecule has 0 spiro atoms. The Hall–Kier alpha value is -3.19. The van der Waals surface area contributed by atoms with E-state index in [0.717, 1.165) is 19.3 Å². The maximum Gasteiger partial charge on any atom is 0.472 e. The molecule has 0 bridgehead atoms. The predicted octanol–water partition coefficient (Wildman–Crippen LogP) is 5.43. The fraction of sp³-hybridized carbons (Fsp3) is 0.657. The molecule has 4 rings (SSSR count). The van der Waals surface area contributed by atoms with E-state index in [1.54, 1.807) is 18.2 Å². The number of rotatable bonds is 24. The number of phosphoric ester groups is 1. The summed E-state index contributed by atoms with van der Waals surface area (Å²) in [5, 5.41) is 35.0. The van der Waals surface area contributed by atoms with Gasteiger partial charge in [0, 0.05) is 6.61 Å². The van der Waals surface area contributed by atoms with Crippen LogP contribution in [0, 0.1) is 11.3 Å². The first-order valence-electron chi connectivity index (χ1n) is 17.9. The molecule has 51 heavy (non-hydrogen) atoms. The molecule has 0 radical (unpaired) electrons. The molecule has 0 amide bonds. The number of anilines is 1. The van der Waals surface area contributed by atoms with Crippen LogP contribution in [0.5, 0.6) is 5.75 Å². The fourth-order valence-corrected chi connectivity index (χ4v) is 6.86. The number of phosphoric acid groups is 1. The van der Waals surface area contributed by atoms with Crippen molar-refractivity contribution < 1.29 is 42.9 Å². The highest BCUT2D eigenvalue weighted by Crippen LogP contribution is 2.47. The van der Waals surface area contributed by atoms with Crippen LogP contribution in [0.15, 0.2) is 36.8 Å². The molecule has 1 aliphatic heterocycles. The quantitative estimate of drug-likeness (QED) is 0.0667. The summed E-state index contributed by atoms with van der Waals surface area (Å²) in [5.41, 5.74) is 5.43. The number of unbranched alkanes of at least 4 members (excludes halogenated alkanes) is 11. The zero-order valence-corrected chi connectivity index (χ0v) is 30.5. The summed E-state index contributed by atoms with van der Waals surface area (Å²) in [6, 6.07) is 8.29. The van der Waals surface area contributed by atoms with E-state index in [1.165, 1.54) is 87.8 Å². The minimum Gasteiger partial charge on any atom is -0.484 e. The van der Waals surface area contributed by atoms with Crippen LogP contribution in [-0.4, -0.2) is 85.0 Å². The lowest BCUT2D eigenvalue weighted by atomic mass is 9.97.